The Labute approximate surface area is 128 Å². The largest absolute Gasteiger partial charge is 0.342 e. The van der Waals surface area contributed by atoms with Crippen LogP contribution in [0.25, 0.3) is 0 Å². The molecular formula is C15H20N4OS. The van der Waals surface area contributed by atoms with Gasteiger partial charge in [-0.25, -0.2) is 9.97 Å². The lowest BCUT2D eigenvalue weighted by Gasteiger charge is -2.32. The molecule has 0 N–H and O–H groups in total. The summed E-state index contributed by atoms with van der Waals surface area (Å²) in [7, 11) is 0. The maximum atomic E-state index is 12.4. The lowest BCUT2D eigenvalue weighted by molar-refractivity contribution is -0.132. The lowest BCUT2D eigenvalue weighted by Crippen LogP contribution is -2.39. The fraction of sp³-hybridized carbons (Fsp3) is 0.533. The number of piperidine rings is 1. The number of rotatable bonds is 4. The van der Waals surface area contributed by atoms with E-state index in [0.717, 1.165) is 31.6 Å². The van der Waals surface area contributed by atoms with Crippen LogP contribution in [0.4, 0.5) is 0 Å². The standard InChI is InChI=1S/C15H20N4OS/c1-12-10-21-15(17-12)13-3-2-6-19(9-13)14(20)4-7-18-8-5-16-11-18/h5,8,10-11,13H,2-4,6-7,9H2,1H3/t13-/m1/s1. The van der Waals surface area contributed by atoms with Gasteiger partial charge >= 0.3 is 0 Å². The Balaban J connectivity index is 1.56. The van der Waals surface area contributed by atoms with E-state index in [9.17, 15) is 4.79 Å². The van der Waals surface area contributed by atoms with Gasteiger partial charge in [0, 0.05) is 55.4 Å². The number of aromatic nitrogens is 3. The zero-order valence-electron chi connectivity index (χ0n) is 12.2. The first kappa shape index (κ1) is 14.3. The van der Waals surface area contributed by atoms with Crippen molar-refractivity contribution in [2.75, 3.05) is 13.1 Å². The van der Waals surface area contributed by atoms with Crippen LogP contribution < -0.4 is 0 Å². The summed E-state index contributed by atoms with van der Waals surface area (Å²) in [5.41, 5.74) is 1.08. The fourth-order valence-corrected chi connectivity index (χ4v) is 3.69. The molecule has 1 amide bonds. The number of amides is 1. The highest BCUT2D eigenvalue weighted by Crippen LogP contribution is 2.29. The van der Waals surface area contributed by atoms with Crippen LogP contribution in [0.2, 0.25) is 0 Å². The Morgan fingerprint density at radius 3 is 3.14 bits per heavy atom. The van der Waals surface area contributed by atoms with E-state index in [2.05, 4.69) is 15.3 Å². The molecule has 5 nitrogen and oxygen atoms in total. The van der Waals surface area contributed by atoms with Crippen LogP contribution in [-0.2, 0) is 11.3 Å². The Morgan fingerprint density at radius 1 is 1.52 bits per heavy atom. The lowest BCUT2D eigenvalue weighted by atomic mass is 9.98. The van der Waals surface area contributed by atoms with Gasteiger partial charge in [-0.1, -0.05) is 0 Å². The van der Waals surface area contributed by atoms with Gasteiger partial charge in [0.05, 0.1) is 11.3 Å². The molecule has 2 aromatic heterocycles. The summed E-state index contributed by atoms with van der Waals surface area (Å²) in [5.74, 6) is 0.649. The van der Waals surface area contributed by atoms with Crippen molar-refractivity contribution in [3.63, 3.8) is 0 Å². The van der Waals surface area contributed by atoms with Gasteiger partial charge in [-0.05, 0) is 19.8 Å². The number of nitrogens with zero attached hydrogens (tertiary/aromatic N) is 4. The molecule has 1 fully saturated rings. The third kappa shape index (κ3) is 3.50. The summed E-state index contributed by atoms with van der Waals surface area (Å²) in [6.07, 6.45) is 8.14. The van der Waals surface area contributed by atoms with E-state index in [1.807, 2.05) is 22.6 Å². The average Bonchev–Trinajstić information content (AvgIpc) is 3.16. The van der Waals surface area contributed by atoms with Crippen molar-refractivity contribution in [1.82, 2.24) is 19.4 Å². The highest BCUT2D eigenvalue weighted by atomic mass is 32.1. The Morgan fingerprint density at radius 2 is 2.43 bits per heavy atom. The van der Waals surface area contributed by atoms with E-state index in [-0.39, 0.29) is 5.91 Å². The molecule has 0 bridgehead atoms. The highest BCUT2D eigenvalue weighted by Gasteiger charge is 2.26. The summed E-state index contributed by atoms with van der Waals surface area (Å²) in [5, 5.41) is 3.27. The number of likely N-dealkylation sites (tertiary alicyclic amines) is 1. The van der Waals surface area contributed by atoms with E-state index < -0.39 is 0 Å². The predicted octanol–water partition coefficient (Wildman–Crippen LogP) is 2.44. The van der Waals surface area contributed by atoms with E-state index in [4.69, 9.17) is 0 Å². The van der Waals surface area contributed by atoms with Gasteiger partial charge in [-0.2, -0.15) is 0 Å². The molecule has 3 rings (SSSR count). The zero-order valence-corrected chi connectivity index (χ0v) is 13.1. The second-order valence-corrected chi connectivity index (χ2v) is 6.45. The Kier molecular flexibility index (Phi) is 4.34. The molecule has 21 heavy (non-hydrogen) atoms. The minimum Gasteiger partial charge on any atom is -0.342 e. The molecular weight excluding hydrogens is 284 g/mol. The van der Waals surface area contributed by atoms with Crippen molar-refractivity contribution in [3.05, 3.63) is 34.8 Å². The minimum absolute atomic E-state index is 0.238. The molecule has 3 heterocycles. The monoisotopic (exact) mass is 304 g/mol. The van der Waals surface area contributed by atoms with Gasteiger partial charge in [-0.3, -0.25) is 4.79 Å². The molecule has 0 aliphatic carbocycles. The topological polar surface area (TPSA) is 51.0 Å². The number of imidazole rings is 1. The average molecular weight is 304 g/mol. The second-order valence-electron chi connectivity index (χ2n) is 5.56. The molecule has 112 valence electrons. The Bertz CT molecular complexity index is 593. The number of carbonyl (C=O) groups excluding carboxylic acids is 1. The van der Waals surface area contributed by atoms with Crippen molar-refractivity contribution in [2.24, 2.45) is 0 Å². The maximum Gasteiger partial charge on any atom is 0.224 e. The van der Waals surface area contributed by atoms with Gasteiger partial charge in [0.2, 0.25) is 5.91 Å². The molecule has 1 saturated heterocycles. The van der Waals surface area contributed by atoms with Crippen LogP contribution in [0, 0.1) is 6.92 Å². The van der Waals surface area contributed by atoms with E-state index in [1.54, 1.807) is 23.9 Å². The molecule has 1 aliphatic heterocycles. The maximum absolute atomic E-state index is 12.4. The van der Waals surface area contributed by atoms with Crippen LogP contribution in [-0.4, -0.2) is 38.4 Å². The van der Waals surface area contributed by atoms with Crippen LogP contribution >= 0.6 is 11.3 Å². The molecule has 0 saturated carbocycles. The number of carbonyl (C=O) groups is 1. The van der Waals surface area contributed by atoms with E-state index in [0.29, 0.717) is 18.9 Å². The first-order valence-corrected chi connectivity index (χ1v) is 8.26. The molecule has 1 aliphatic rings. The molecule has 1 atom stereocenters. The van der Waals surface area contributed by atoms with Crippen LogP contribution in [0.15, 0.2) is 24.1 Å². The van der Waals surface area contributed by atoms with Gasteiger partial charge in [-0.15, -0.1) is 11.3 Å². The van der Waals surface area contributed by atoms with E-state index in [1.165, 1.54) is 5.01 Å². The van der Waals surface area contributed by atoms with Crippen LogP contribution in [0.1, 0.15) is 35.9 Å². The van der Waals surface area contributed by atoms with Gasteiger partial charge < -0.3 is 9.47 Å². The number of hydrogen-bond donors (Lipinski definition) is 0. The third-order valence-electron chi connectivity index (χ3n) is 3.90. The van der Waals surface area contributed by atoms with Crippen molar-refractivity contribution in [2.45, 2.75) is 38.6 Å². The number of hydrogen-bond acceptors (Lipinski definition) is 4. The smallest absolute Gasteiger partial charge is 0.224 e. The van der Waals surface area contributed by atoms with Crippen LogP contribution in [0.3, 0.4) is 0 Å². The summed E-state index contributed by atoms with van der Waals surface area (Å²) in [6, 6.07) is 0. The van der Waals surface area contributed by atoms with Gasteiger partial charge in [0.1, 0.15) is 0 Å². The molecule has 0 radical (unpaired) electrons. The quantitative estimate of drug-likeness (QED) is 0.872. The fourth-order valence-electron chi connectivity index (χ4n) is 2.77. The molecule has 0 aromatic carbocycles. The highest BCUT2D eigenvalue weighted by molar-refractivity contribution is 7.09. The predicted molar refractivity (Wildman–Crippen MR) is 82.3 cm³/mol. The molecule has 6 heteroatoms. The Hall–Kier alpha value is -1.69. The van der Waals surface area contributed by atoms with Crippen molar-refractivity contribution < 1.29 is 4.79 Å². The first-order valence-electron chi connectivity index (χ1n) is 7.38. The SMILES string of the molecule is Cc1csc([C@@H]2CCCN(C(=O)CCn3ccnc3)C2)n1. The minimum atomic E-state index is 0.238. The van der Waals surface area contributed by atoms with Crippen molar-refractivity contribution >= 4 is 17.2 Å². The second kappa shape index (κ2) is 6.39. The summed E-state index contributed by atoms with van der Waals surface area (Å²) in [6.45, 7) is 4.42. The van der Waals surface area contributed by atoms with Gasteiger partial charge in [0.25, 0.3) is 0 Å². The molecule has 2 aromatic rings. The summed E-state index contributed by atoms with van der Waals surface area (Å²) < 4.78 is 1.95. The third-order valence-corrected chi connectivity index (χ3v) is 5.03. The van der Waals surface area contributed by atoms with Crippen LogP contribution in [0.5, 0.6) is 0 Å². The first-order chi connectivity index (χ1) is 10.2. The van der Waals surface area contributed by atoms with Crippen molar-refractivity contribution in [1.29, 1.82) is 0 Å². The normalized spacial score (nSPS) is 18.9. The van der Waals surface area contributed by atoms with Gasteiger partial charge in [0.15, 0.2) is 0 Å². The zero-order chi connectivity index (χ0) is 14.7. The van der Waals surface area contributed by atoms with Crippen molar-refractivity contribution in [3.8, 4) is 0 Å². The number of thiazole rings is 1. The summed E-state index contributed by atoms with van der Waals surface area (Å²) >= 11 is 1.72. The number of aryl methyl sites for hydroxylation is 2. The summed E-state index contributed by atoms with van der Waals surface area (Å²) in [4.78, 5) is 22.9. The molecule has 0 spiro atoms. The van der Waals surface area contributed by atoms with E-state index >= 15 is 0 Å². The molecule has 0 unspecified atom stereocenters.